The van der Waals surface area contributed by atoms with E-state index < -0.39 is 10.0 Å². The maximum atomic E-state index is 12.9. The van der Waals surface area contributed by atoms with Crippen LogP contribution in [0.5, 0.6) is 5.75 Å². The molecule has 7 nitrogen and oxygen atoms in total. The van der Waals surface area contributed by atoms with Crippen molar-refractivity contribution in [3.8, 4) is 5.75 Å². The van der Waals surface area contributed by atoms with Crippen LogP contribution < -0.4 is 14.4 Å². The Hall–Kier alpha value is -3.26. The third kappa shape index (κ3) is 3.58. The summed E-state index contributed by atoms with van der Waals surface area (Å²) in [5.74, 6) is 0.587. The minimum Gasteiger partial charge on any atom is -0.497 e. The molecule has 1 aromatic heterocycles. The summed E-state index contributed by atoms with van der Waals surface area (Å²) in [6, 6.07) is 13.3. The summed E-state index contributed by atoms with van der Waals surface area (Å²) in [6.45, 7) is 2.23. The largest absolute Gasteiger partial charge is 0.497 e. The first-order valence-corrected chi connectivity index (χ1v) is 10.5. The van der Waals surface area contributed by atoms with Crippen LogP contribution in [0.15, 0.2) is 64.1 Å². The number of hydrogen-bond donors (Lipinski definition) is 1. The van der Waals surface area contributed by atoms with E-state index in [1.165, 1.54) is 19.4 Å². The molecule has 0 unspecified atom stereocenters. The van der Waals surface area contributed by atoms with Gasteiger partial charge in [0.25, 0.3) is 15.9 Å². The number of nitrogens with one attached hydrogen (secondary N) is 1. The number of benzene rings is 2. The van der Waals surface area contributed by atoms with Gasteiger partial charge < -0.3 is 14.1 Å². The van der Waals surface area contributed by atoms with Gasteiger partial charge in [-0.2, -0.15) is 0 Å². The zero-order chi connectivity index (χ0) is 20.6. The molecule has 0 aliphatic carbocycles. The van der Waals surface area contributed by atoms with Crippen molar-refractivity contribution >= 4 is 27.3 Å². The van der Waals surface area contributed by atoms with Crippen molar-refractivity contribution in [3.05, 3.63) is 71.7 Å². The standard InChI is InChI=1S/C21H20N2O5S/c1-14-12-17(27-2)7-8-20(14)29(25,26)22-16-6-5-15-9-10-23(18(15)13-16)21(24)19-4-3-11-28-19/h3-8,11-13,22H,9-10H2,1-2H3. The number of carbonyl (C=O) groups excluding carboxylic acids is 1. The van der Waals surface area contributed by atoms with Crippen LogP contribution in [-0.2, 0) is 16.4 Å². The highest BCUT2D eigenvalue weighted by atomic mass is 32.2. The van der Waals surface area contributed by atoms with Gasteiger partial charge in [0.2, 0.25) is 0 Å². The molecular weight excluding hydrogens is 392 g/mol. The number of rotatable bonds is 5. The molecule has 0 bridgehead atoms. The number of aryl methyl sites for hydroxylation is 1. The molecule has 0 spiro atoms. The van der Waals surface area contributed by atoms with Gasteiger partial charge in [-0.25, -0.2) is 8.42 Å². The number of amides is 1. The molecule has 0 fully saturated rings. The molecule has 4 rings (SSSR count). The zero-order valence-corrected chi connectivity index (χ0v) is 16.8. The van der Waals surface area contributed by atoms with Gasteiger partial charge in [-0.15, -0.1) is 0 Å². The predicted octanol–water partition coefficient (Wildman–Crippen LogP) is 3.60. The smallest absolute Gasteiger partial charge is 0.293 e. The fourth-order valence-electron chi connectivity index (χ4n) is 3.45. The van der Waals surface area contributed by atoms with Crippen molar-refractivity contribution in [3.63, 3.8) is 0 Å². The van der Waals surface area contributed by atoms with Gasteiger partial charge in [0.15, 0.2) is 5.76 Å². The van der Waals surface area contributed by atoms with Crippen molar-refractivity contribution in [2.24, 2.45) is 0 Å². The summed E-state index contributed by atoms with van der Waals surface area (Å²) in [5.41, 5.74) is 2.62. The summed E-state index contributed by atoms with van der Waals surface area (Å²) in [4.78, 5) is 14.4. The third-order valence-electron chi connectivity index (χ3n) is 4.88. The van der Waals surface area contributed by atoms with Crippen LogP contribution in [0.1, 0.15) is 21.7 Å². The Morgan fingerprint density at radius 2 is 2.00 bits per heavy atom. The van der Waals surface area contributed by atoms with E-state index in [1.807, 2.05) is 6.07 Å². The predicted molar refractivity (Wildman–Crippen MR) is 109 cm³/mol. The number of hydrogen-bond acceptors (Lipinski definition) is 5. The summed E-state index contributed by atoms with van der Waals surface area (Å²) in [6.07, 6.45) is 2.15. The van der Waals surface area contributed by atoms with E-state index in [0.717, 1.165) is 5.56 Å². The summed E-state index contributed by atoms with van der Waals surface area (Å²) >= 11 is 0. The number of fused-ring (bicyclic) bond motifs is 1. The van der Waals surface area contributed by atoms with Gasteiger partial charge in [-0.1, -0.05) is 6.07 Å². The lowest BCUT2D eigenvalue weighted by molar-refractivity contribution is 0.0963. The molecule has 29 heavy (non-hydrogen) atoms. The molecular formula is C21H20N2O5S. The Kier molecular flexibility index (Phi) is 4.79. The second-order valence-corrected chi connectivity index (χ2v) is 8.42. The normalized spacial score (nSPS) is 13.2. The van der Waals surface area contributed by atoms with E-state index in [-0.39, 0.29) is 16.6 Å². The topological polar surface area (TPSA) is 88.9 Å². The molecule has 0 saturated carbocycles. The number of sulfonamides is 1. The maximum Gasteiger partial charge on any atom is 0.293 e. The zero-order valence-electron chi connectivity index (χ0n) is 16.0. The van der Waals surface area contributed by atoms with Crippen molar-refractivity contribution in [1.82, 2.24) is 0 Å². The minimum atomic E-state index is -3.79. The van der Waals surface area contributed by atoms with Gasteiger partial charge >= 0.3 is 0 Å². The van der Waals surface area contributed by atoms with Gasteiger partial charge in [-0.05, 0) is 66.9 Å². The highest BCUT2D eigenvalue weighted by Crippen LogP contribution is 2.33. The van der Waals surface area contributed by atoms with Crippen LogP contribution in [0.4, 0.5) is 11.4 Å². The highest BCUT2D eigenvalue weighted by Gasteiger charge is 2.28. The van der Waals surface area contributed by atoms with Gasteiger partial charge in [0.1, 0.15) is 5.75 Å². The third-order valence-corrected chi connectivity index (χ3v) is 6.42. The lowest BCUT2D eigenvalue weighted by Gasteiger charge is -2.17. The first-order chi connectivity index (χ1) is 13.9. The SMILES string of the molecule is COc1ccc(S(=O)(=O)Nc2ccc3c(c2)N(C(=O)c2ccco2)CC3)c(C)c1. The van der Waals surface area contributed by atoms with Crippen LogP contribution in [0.25, 0.3) is 0 Å². The molecule has 0 atom stereocenters. The molecule has 1 aliphatic heterocycles. The molecule has 8 heteroatoms. The second-order valence-electron chi connectivity index (χ2n) is 6.76. The first kappa shape index (κ1) is 19.1. The highest BCUT2D eigenvalue weighted by molar-refractivity contribution is 7.92. The number of methoxy groups -OCH3 is 1. The number of ether oxygens (including phenoxy) is 1. The summed E-state index contributed by atoms with van der Waals surface area (Å²) in [5, 5.41) is 0. The lowest BCUT2D eigenvalue weighted by atomic mass is 10.1. The quantitative estimate of drug-likeness (QED) is 0.692. The van der Waals surface area contributed by atoms with E-state index in [4.69, 9.17) is 9.15 Å². The van der Waals surface area contributed by atoms with E-state index in [2.05, 4.69) is 4.72 Å². The van der Waals surface area contributed by atoms with Crippen molar-refractivity contribution in [2.45, 2.75) is 18.2 Å². The van der Waals surface area contributed by atoms with Gasteiger partial charge in [-0.3, -0.25) is 9.52 Å². The fraction of sp³-hybridized carbons (Fsp3) is 0.190. The number of anilines is 2. The molecule has 3 aromatic rings. The van der Waals surface area contributed by atoms with Crippen LogP contribution in [0.3, 0.4) is 0 Å². The Morgan fingerprint density at radius 3 is 2.69 bits per heavy atom. The molecule has 150 valence electrons. The molecule has 0 radical (unpaired) electrons. The van der Waals surface area contributed by atoms with Gasteiger partial charge in [0, 0.05) is 12.2 Å². The fourth-order valence-corrected chi connectivity index (χ4v) is 4.72. The average Bonchev–Trinajstić information content (AvgIpc) is 3.36. The van der Waals surface area contributed by atoms with Gasteiger partial charge in [0.05, 0.1) is 24.0 Å². The molecule has 0 saturated heterocycles. The van der Waals surface area contributed by atoms with Crippen LogP contribution in [0, 0.1) is 6.92 Å². The second kappa shape index (κ2) is 7.29. The van der Waals surface area contributed by atoms with Crippen molar-refractivity contribution in [1.29, 1.82) is 0 Å². The van der Waals surface area contributed by atoms with E-state index in [9.17, 15) is 13.2 Å². The maximum absolute atomic E-state index is 12.9. The summed E-state index contributed by atoms with van der Waals surface area (Å²) < 4.78 is 38.7. The minimum absolute atomic E-state index is 0.169. The average molecular weight is 412 g/mol. The molecule has 2 heterocycles. The van der Waals surface area contributed by atoms with Crippen molar-refractivity contribution < 1.29 is 22.4 Å². The van der Waals surface area contributed by atoms with Crippen molar-refractivity contribution in [2.75, 3.05) is 23.3 Å². The number of carbonyl (C=O) groups is 1. The Morgan fingerprint density at radius 1 is 1.17 bits per heavy atom. The molecule has 1 amide bonds. The number of furan rings is 1. The van der Waals surface area contributed by atoms with Crippen LogP contribution >= 0.6 is 0 Å². The van der Waals surface area contributed by atoms with E-state index in [1.54, 1.807) is 48.2 Å². The molecule has 2 aromatic carbocycles. The molecule has 1 N–H and O–H groups in total. The first-order valence-electron chi connectivity index (χ1n) is 9.05. The lowest BCUT2D eigenvalue weighted by Crippen LogP contribution is -2.28. The number of nitrogens with zero attached hydrogens (tertiary/aromatic N) is 1. The Bertz CT molecular complexity index is 1170. The van der Waals surface area contributed by atoms with Crippen LogP contribution in [-0.4, -0.2) is 28.0 Å². The monoisotopic (exact) mass is 412 g/mol. The Labute approximate surface area is 169 Å². The Balaban J connectivity index is 1.63. The van der Waals surface area contributed by atoms with E-state index in [0.29, 0.717) is 35.7 Å². The van der Waals surface area contributed by atoms with Crippen LogP contribution in [0.2, 0.25) is 0 Å². The molecule has 1 aliphatic rings. The summed E-state index contributed by atoms with van der Waals surface area (Å²) in [7, 11) is -2.27. The van der Waals surface area contributed by atoms with E-state index >= 15 is 0 Å².